The van der Waals surface area contributed by atoms with E-state index in [0.717, 1.165) is 19.4 Å². The topological polar surface area (TPSA) is 95.8 Å². The highest BCUT2D eigenvalue weighted by Crippen LogP contribution is 2.23. The van der Waals surface area contributed by atoms with Crippen molar-refractivity contribution in [2.24, 2.45) is 0 Å². The van der Waals surface area contributed by atoms with E-state index >= 15 is 0 Å². The van der Waals surface area contributed by atoms with Crippen molar-refractivity contribution in [3.63, 3.8) is 0 Å². The molecule has 0 spiro atoms. The Morgan fingerprint density at radius 1 is 1.24 bits per heavy atom. The van der Waals surface area contributed by atoms with Crippen LogP contribution in [-0.4, -0.2) is 45.6 Å². The minimum Gasteiger partial charge on any atom is -0.457 e. The van der Waals surface area contributed by atoms with Crippen molar-refractivity contribution in [2.45, 2.75) is 18.9 Å². The van der Waals surface area contributed by atoms with Crippen LogP contribution in [0.2, 0.25) is 0 Å². The summed E-state index contributed by atoms with van der Waals surface area (Å²) in [5, 5.41) is 10.7. The summed E-state index contributed by atoms with van der Waals surface area (Å²) < 4.78 is 19.0. The van der Waals surface area contributed by atoms with Gasteiger partial charge in [-0.25, -0.2) is 9.37 Å². The molecule has 33 heavy (non-hydrogen) atoms. The number of piperidine rings is 1. The number of nitrogens with two attached hydrogens (primary N) is 1. The number of quaternary nitrogens is 1. The van der Waals surface area contributed by atoms with Gasteiger partial charge in [-0.1, -0.05) is 12.6 Å². The zero-order valence-corrected chi connectivity index (χ0v) is 18.1. The molecule has 3 aromatic rings. The van der Waals surface area contributed by atoms with Gasteiger partial charge in [-0.05, 0) is 48.9 Å². The summed E-state index contributed by atoms with van der Waals surface area (Å²) in [6.07, 6.45) is 6.30. The summed E-state index contributed by atoms with van der Waals surface area (Å²) in [6.45, 7) is 4.91. The SMILES string of the molecule is C=CC(=O)N1CCCC([NH2+]c2ncncc2C(=N)c2ccc(Oc3cccc(F)c3)cc2)C1. The van der Waals surface area contributed by atoms with Crippen LogP contribution < -0.4 is 10.1 Å². The molecule has 1 fully saturated rings. The third kappa shape index (κ3) is 5.48. The quantitative estimate of drug-likeness (QED) is 0.430. The lowest BCUT2D eigenvalue weighted by Gasteiger charge is -2.30. The van der Waals surface area contributed by atoms with Crippen LogP contribution in [0.1, 0.15) is 24.0 Å². The average molecular weight is 447 g/mol. The minimum absolute atomic E-state index is 0.0655. The van der Waals surface area contributed by atoms with E-state index in [4.69, 9.17) is 10.1 Å². The van der Waals surface area contributed by atoms with Crippen molar-refractivity contribution in [1.29, 1.82) is 5.41 Å². The van der Waals surface area contributed by atoms with E-state index in [2.05, 4.69) is 16.5 Å². The molecule has 1 atom stereocenters. The van der Waals surface area contributed by atoms with Gasteiger partial charge in [0.1, 0.15) is 35.2 Å². The number of likely N-dealkylation sites (tertiary alicyclic amines) is 1. The molecule has 1 saturated heterocycles. The number of carbonyl (C=O) groups is 1. The standard InChI is InChI=1S/C25H24FN5O2/c1-2-23(32)31-12-4-6-19(15-31)30-25-22(14-28-16-29-25)24(27)17-8-10-20(11-9-17)33-21-7-3-5-18(26)13-21/h2-3,5,7-11,13-14,16,19,27H,1,4,6,12,15H2,(H,28,29,30)/p+1. The van der Waals surface area contributed by atoms with Gasteiger partial charge >= 0.3 is 0 Å². The summed E-state index contributed by atoms with van der Waals surface area (Å²) in [6, 6.07) is 13.1. The molecule has 1 unspecified atom stereocenters. The van der Waals surface area contributed by atoms with Crippen LogP contribution in [0.15, 0.2) is 73.7 Å². The molecule has 0 radical (unpaired) electrons. The van der Waals surface area contributed by atoms with Crippen LogP contribution in [0.3, 0.4) is 0 Å². The number of hydrogen-bond donors (Lipinski definition) is 2. The molecule has 2 heterocycles. The Hall–Kier alpha value is -3.91. The van der Waals surface area contributed by atoms with Gasteiger partial charge in [-0.15, -0.1) is 0 Å². The van der Waals surface area contributed by atoms with Gasteiger partial charge in [0.25, 0.3) is 0 Å². The van der Waals surface area contributed by atoms with Crippen molar-refractivity contribution in [1.82, 2.24) is 14.9 Å². The molecule has 1 aromatic heterocycles. The fraction of sp³-hybridized carbons (Fsp3) is 0.200. The number of benzene rings is 2. The van der Waals surface area contributed by atoms with Gasteiger partial charge in [-0.2, -0.15) is 4.98 Å². The summed E-state index contributed by atoms with van der Waals surface area (Å²) in [5.41, 5.74) is 1.58. The summed E-state index contributed by atoms with van der Waals surface area (Å²) in [7, 11) is 0. The first-order valence-corrected chi connectivity index (χ1v) is 10.7. The van der Waals surface area contributed by atoms with Gasteiger partial charge in [0.2, 0.25) is 11.7 Å². The third-order valence-electron chi connectivity index (χ3n) is 5.52. The number of aromatic nitrogens is 2. The molecule has 3 N–H and O–H groups in total. The van der Waals surface area contributed by atoms with E-state index in [9.17, 15) is 9.18 Å². The Morgan fingerprint density at radius 3 is 2.82 bits per heavy atom. The number of halogens is 1. The summed E-state index contributed by atoms with van der Waals surface area (Å²) in [4.78, 5) is 22.3. The van der Waals surface area contributed by atoms with Gasteiger partial charge in [0.05, 0.1) is 12.3 Å². The number of amides is 1. The molecule has 1 aliphatic rings. The molecule has 2 aromatic carbocycles. The Balaban J connectivity index is 1.47. The van der Waals surface area contributed by atoms with Gasteiger partial charge in [-0.3, -0.25) is 15.5 Å². The Bertz CT molecular complexity index is 1170. The molecule has 4 rings (SSSR count). The average Bonchev–Trinajstić information content (AvgIpc) is 2.84. The molecule has 7 nitrogen and oxygen atoms in total. The van der Waals surface area contributed by atoms with Gasteiger partial charge in [0, 0.05) is 30.8 Å². The highest BCUT2D eigenvalue weighted by atomic mass is 19.1. The monoisotopic (exact) mass is 446 g/mol. The second-order valence-corrected chi connectivity index (χ2v) is 7.84. The maximum atomic E-state index is 13.4. The van der Waals surface area contributed by atoms with E-state index in [1.54, 1.807) is 47.5 Å². The Labute approximate surface area is 191 Å². The Morgan fingerprint density at radius 2 is 2.06 bits per heavy atom. The number of nitrogens with one attached hydrogen (secondary N) is 1. The second-order valence-electron chi connectivity index (χ2n) is 7.84. The molecular weight excluding hydrogens is 421 g/mol. The molecule has 8 heteroatoms. The predicted octanol–water partition coefficient (Wildman–Crippen LogP) is 3.20. The molecule has 1 aliphatic heterocycles. The van der Waals surface area contributed by atoms with Crippen LogP contribution in [-0.2, 0) is 4.79 Å². The van der Waals surface area contributed by atoms with E-state index in [0.29, 0.717) is 35.0 Å². The van der Waals surface area contributed by atoms with Crippen molar-refractivity contribution in [3.05, 3.63) is 90.7 Å². The van der Waals surface area contributed by atoms with Crippen LogP contribution in [0.25, 0.3) is 0 Å². The first kappa shape index (κ1) is 22.3. The lowest BCUT2D eigenvalue weighted by atomic mass is 10.0. The first-order valence-electron chi connectivity index (χ1n) is 10.7. The van der Waals surface area contributed by atoms with Crippen molar-refractivity contribution in [3.8, 4) is 11.5 Å². The summed E-state index contributed by atoms with van der Waals surface area (Å²) in [5.74, 6) is 1.19. The number of hydrogen-bond acceptors (Lipinski definition) is 5. The highest BCUT2D eigenvalue weighted by molar-refractivity contribution is 6.12. The molecule has 1 amide bonds. The predicted molar refractivity (Wildman–Crippen MR) is 122 cm³/mol. The first-order chi connectivity index (χ1) is 16.0. The maximum Gasteiger partial charge on any atom is 0.246 e. The minimum atomic E-state index is -0.367. The van der Waals surface area contributed by atoms with Crippen LogP contribution in [0.4, 0.5) is 10.2 Å². The van der Waals surface area contributed by atoms with Crippen molar-refractivity contribution >= 4 is 17.4 Å². The second kappa shape index (κ2) is 10.1. The van der Waals surface area contributed by atoms with E-state index in [1.807, 2.05) is 5.32 Å². The molecular formula is C25H25FN5O2+. The fourth-order valence-electron chi connectivity index (χ4n) is 3.87. The number of ether oxygens (including phenoxy) is 1. The number of nitrogens with zero attached hydrogens (tertiary/aromatic N) is 3. The maximum absolute atomic E-state index is 13.4. The lowest BCUT2D eigenvalue weighted by Crippen LogP contribution is -2.88. The third-order valence-corrected chi connectivity index (χ3v) is 5.52. The van der Waals surface area contributed by atoms with Crippen LogP contribution >= 0.6 is 0 Å². The van der Waals surface area contributed by atoms with E-state index in [-0.39, 0.29) is 23.5 Å². The van der Waals surface area contributed by atoms with E-state index in [1.165, 1.54) is 24.5 Å². The summed E-state index contributed by atoms with van der Waals surface area (Å²) >= 11 is 0. The lowest BCUT2D eigenvalue weighted by molar-refractivity contribution is -0.616. The number of rotatable bonds is 7. The zero-order chi connectivity index (χ0) is 23.2. The van der Waals surface area contributed by atoms with Crippen molar-refractivity contribution < 1.29 is 19.2 Å². The van der Waals surface area contributed by atoms with Crippen molar-refractivity contribution in [2.75, 3.05) is 13.1 Å². The van der Waals surface area contributed by atoms with Gasteiger partial charge in [0.15, 0.2) is 0 Å². The molecule has 0 bridgehead atoms. The number of carbonyl (C=O) groups excluding carboxylic acids is 1. The van der Waals surface area contributed by atoms with Crippen LogP contribution in [0.5, 0.6) is 11.5 Å². The van der Waals surface area contributed by atoms with E-state index < -0.39 is 0 Å². The zero-order valence-electron chi connectivity index (χ0n) is 18.1. The fourth-order valence-corrected chi connectivity index (χ4v) is 3.87. The normalized spacial score (nSPS) is 15.7. The van der Waals surface area contributed by atoms with Crippen LogP contribution in [0, 0.1) is 11.2 Å². The highest BCUT2D eigenvalue weighted by Gasteiger charge is 2.27. The molecule has 168 valence electrons. The van der Waals surface area contributed by atoms with Gasteiger partial charge < -0.3 is 9.64 Å². The molecule has 0 aliphatic carbocycles. The Kier molecular flexibility index (Phi) is 6.85. The smallest absolute Gasteiger partial charge is 0.246 e. The molecule has 0 saturated carbocycles. The largest absolute Gasteiger partial charge is 0.457 e.